The summed E-state index contributed by atoms with van der Waals surface area (Å²) in [5, 5.41) is 0. The van der Waals surface area contributed by atoms with E-state index in [0.29, 0.717) is 0 Å². The summed E-state index contributed by atoms with van der Waals surface area (Å²) in [6.45, 7) is 8.54. The van der Waals surface area contributed by atoms with Gasteiger partial charge in [-0.25, -0.2) is 0 Å². The molecular weight excluding hydrogens is 312 g/mol. The molecule has 2 aromatic carbocycles. The van der Waals surface area contributed by atoms with E-state index in [-0.39, 0.29) is 6.79 Å². The van der Waals surface area contributed by atoms with Gasteiger partial charge in [0.2, 0.25) is 6.79 Å². The fourth-order valence-corrected chi connectivity index (χ4v) is 3.00. The van der Waals surface area contributed by atoms with Crippen molar-refractivity contribution in [1.82, 2.24) is 0 Å². The molecule has 0 aliphatic carbocycles. The third-order valence-corrected chi connectivity index (χ3v) is 4.62. The number of anilines is 2. The van der Waals surface area contributed by atoms with Gasteiger partial charge in [0.1, 0.15) is 11.5 Å². The minimum absolute atomic E-state index is 0.159. The van der Waals surface area contributed by atoms with Crippen LogP contribution in [0, 0.1) is 0 Å². The maximum absolute atomic E-state index is 6.17. The summed E-state index contributed by atoms with van der Waals surface area (Å²) in [5.41, 5.74) is 18.5. The molecule has 0 fully saturated rings. The summed E-state index contributed by atoms with van der Waals surface area (Å²) >= 11 is 0. The molecule has 0 aliphatic heterocycles. The fourth-order valence-electron chi connectivity index (χ4n) is 3.00. The van der Waals surface area contributed by atoms with Gasteiger partial charge in [-0.05, 0) is 72.2 Å². The highest BCUT2D eigenvalue weighted by Crippen LogP contribution is 2.28. The standard InChI is InChI=1S/C21H30N2O2/c1-5-14-9-18(10-15(6-2)20(14)22)24-13-25-19-11-16(7-3)21(23)17(8-4)12-19/h9-12H,5-8,13,22-23H2,1-4H3. The predicted octanol–water partition coefficient (Wildman–Crippen LogP) is 4.52. The molecule has 0 spiro atoms. The Kier molecular flexibility index (Phi) is 6.57. The quantitative estimate of drug-likeness (QED) is 0.547. The molecule has 0 atom stereocenters. The number of hydrogen-bond acceptors (Lipinski definition) is 4. The first-order chi connectivity index (χ1) is 12.0. The molecule has 0 aromatic heterocycles. The Morgan fingerprint density at radius 1 is 0.600 bits per heavy atom. The fraction of sp³-hybridized carbons (Fsp3) is 0.429. The molecule has 0 saturated heterocycles. The predicted molar refractivity (Wildman–Crippen MR) is 105 cm³/mol. The normalized spacial score (nSPS) is 10.7. The first kappa shape index (κ1) is 19.0. The van der Waals surface area contributed by atoms with E-state index >= 15 is 0 Å². The van der Waals surface area contributed by atoms with Crippen LogP contribution in [-0.2, 0) is 25.7 Å². The van der Waals surface area contributed by atoms with Crippen molar-refractivity contribution < 1.29 is 9.47 Å². The second-order valence-electron chi connectivity index (χ2n) is 6.13. The van der Waals surface area contributed by atoms with Crippen LogP contribution in [-0.4, -0.2) is 6.79 Å². The topological polar surface area (TPSA) is 70.5 Å². The van der Waals surface area contributed by atoms with Gasteiger partial charge in [-0.2, -0.15) is 0 Å². The molecule has 0 amide bonds. The van der Waals surface area contributed by atoms with E-state index in [0.717, 1.165) is 70.8 Å². The van der Waals surface area contributed by atoms with Gasteiger partial charge in [-0.15, -0.1) is 0 Å². The minimum atomic E-state index is 0.159. The van der Waals surface area contributed by atoms with Crippen molar-refractivity contribution in [2.24, 2.45) is 0 Å². The van der Waals surface area contributed by atoms with Crippen molar-refractivity contribution >= 4 is 11.4 Å². The zero-order valence-corrected chi connectivity index (χ0v) is 15.8. The summed E-state index contributed by atoms with van der Waals surface area (Å²) in [6.07, 6.45) is 3.53. The van der Waals surface area contributed by atoms with E-state index in [1.165, 1.54) is 0 Å². The smallest absolute Gasteiger partial charge is 0.230 e. The van der Waals surface area contributed by atoms with Crippen molar-refractivity contribution in [3.63, 3.8) is 0 Å². The van der Waals surface area contributed by atoms with Gasteiger partial charge in [0.25, 0.3) is 0 Å². The molecule has 136 valence electrons. The van der Waals surface area contributed by atoms with Crippen LogP contribution in [0.2, 0.25) is 0 Å². The van der Waals surface area contributed by atoms with Crippen LogP contribution < -0.4 is 20.9 Å². The lowest BCUT2D eigenvalue weighted by molar-refractivity contribution is 0.119. The maximum atomic E-state index is 6.17. The highest BCUT2D eigenvalue weighted by molar-refractivity contribution is 5.58. The van der Waals surface area contributed by atoms with Gasteiger partial charge >= 0.3 is 0 Å². The Hall–Kier alpha value is -2.36. The third-order valence-electron chi connectivity index (χ3n) is 4.62. The summed E-state index contributed by atoms with van der Waals surface area (Å²) < 4.78 is 11.6. The number of rotatable bonds is 8. The Bertz CT molecular complexity index is 614. The molecule has 4 heteroatoms. The number of benzene rings is 2. The third kappa shape index (κ3) is 4.38. The largest absolute Gasteiger partial charge is 0.457 e. The second-order valence-corrected chi connectivity index (χ2v) is 6.13. The van der Waals surface area contributed by atoms with Crippen molar-refractivity contribution in [3.8, 4) is 11.5 Å². The number of ether oxygens (including phenoxy) is 2. The summed E-state index contributed by atoms with van der Waals surface area (Å²) in [7, 11) is 0. The SMILES string of the molecule is CCc1cc(OCOc2cc(CC)c(N)c(CC)c2)cc(CC)c1N. The molecule has 4 N–H and O–H groups in total. The summed E-state index contributed by atoms with van der Waals surface area (Å²) in [6, 6.07) is 7.98. The minimum Gasteiger partial charge on any atom is -0.457 e. The molecule has 2 rings (SSSR count). The van der Waals surface area contributed by atoms with Gasteiger partial charge in [0, 0.05) is 11.4 Å². The highest BCUT2D eigenvalue weighted by Gasteiger charge is 2.09. The lowest BCUT2D eigenvalue weighted by Crippen LogP contribution is -2.09. The number of nitrogen functional groups attached to an aromatic ring is 2. The second kappa shape index (κ2) is 8.65. The Morgan fingerprint density at radius 2 is 0.880 bits per heavy atom. The van der Waals surface area contributed by atoms with E-state index in [2.05, 4.69) is 27.7 Å². The molecular formula is C21H30N2O2. The summed E-state index contributed by atoms with van der Waals surface area (Å²) in [5.74, 6) is 1.59. The van der Waals surface area contributed by atoms with Crippen molar-refractivity contribution in [3.05, 3.63) is 46.5 Å². The molecule has 2 aromatic rings. The van der Waals surface area contributed by atoms with Gasteiger partial charge in [0.15, 0.2) is 0 Å². The molecule has 0 heterocycles. The van der Waals surface area contributed by atoms with E-state index in [1.54, 1.807) is 0 Å². The number of nitrogens with two attached hydrogens (primary N) is 2. The van der Waals surface area contributed by atoms with E-state index < -0.39 is 0 Å². The van der Waals surface area contributed by atoms with Gasteiger partial charge < -0.3 is 20.9 Å². The van der Waals surface area contributed by atoms with Crippen molar-refractivity contribution in [2.45, 2.75) is 53.4 Å². The van der Waals surface area contributed by atoms with E-state index in [1.807, 2.05) is 24.3 Å². The molecule has 4 nitrogen and oxygen atoms in total. The van der Waals surface area contributed by atoms with Crippen LogP contribution in [0.1, 0.15) is 49.9 Å². The molecule has 0 radical (unpaired) electrons. The molecule has 25 heavy (non-hydrogen) atoms. The van der Waals surface area contributed by atoms with Gasteiger partial charge in [-0.1, -0.05) is 27.7 Å². The first-order valence-electron chi connectivity index (χ1n) is 9.11. The molecule has 0 aliphatic rings. The maximum Gasteiger partial charge on any atom is 0.230 e. The molecule has 0 bridgehead atoms. The Morgan fingerprint density at radius 3 is 1.12 bits per heavy atom. The summed E-state index contributed by atoms with van der Waals surface area (Å²) in [4.78, 5) is 0. The van der Waals surface area contributed by atoms with Gasteiger partial charge in [-0.3, -0.25) is 0 Å². The lowest BCUT2D eigenvalue weighted by atomic mass is 10.0. The van der Waals surface area contributed by atoms with Crippen LogP contribution in [0.4, 0.5) is 11.4 Å². The van der Waals surface area contributed by atoms with E-state index in [4.69, 9.17) is 20.9 Å². The first-order valence-corrected chi connectivity index (χ1v) is 9.11. The Balaban J connectivity index is 2.11. The van der Waals surface area contributed by atoms with Crippen molar-refractivity contribution in [1.29, 1.82) is 0 Å². The zero-order valence-electron chi connectivity index (χ0n) is 15.8. The average molecular weight is 342 g/mol. The highest BCUT2D eigenvalue weighted by atomic mass is 16.7. The average Bonchev–Trinajstić information content (AvgIpc) is 2.63. The number of aryl methyl sites for hydroxylation is 4. The van der Waals surface area contributed by atoms with Crippen LogP contribution in [0.25, 0.3) is 0 Å². The number of hydrogen-bond donors (Lipinski definition) is 2. The monoisotopic (exact) mass is 342 g/mol. The van der Waals surface area contributed by atoms with E-state index in [9.17, 15) is 0 Å². The van der Waals surface area contributed by atoms with Crippen LogP contribution in [0.15, 0.2) is 24.3 Å². The van der Waals surface area contributed by atoms with Crippen LogP contribution in [0.3, 0.4) is 0 Å². The van der Waals surface area contributed by atoms with Gasteiger partial charge in [0.05, 0.1) is 0 Å². The lowest BCUT2D eigenvalue weighted by Gasteiger charge is -2.15. The molecule has 0 unspecified atom stereocenters. The van der Waals surface area contributed by atoms with Crippen LogP contribution >= 0.6 is 0 Å². The molecule has 0 saturated carbocycles. The van der Waals surface area contributed by atoms with Crippen molar-refractivity contribution in [2.75, 3.05) is 18.3 Å². The zero-order chi connectivity index (χ0) is 18.4. The Labute approximate surface area is 151 Å². The van der Waals surface area contributed by atoms with Crippen LogP contribution in [0.5, 0.6) is 11.5 Å².